The van der Waals surface area contributed by atoms with Crippen molar-refractivity contribution in [1.82, 2.24) is 39.6 Å². The average Bonchev–Trinajstić information content (AvgIpc) is 3.72. The van der Waals surface area contributed by atoms with Gasteiger partial charge in [0.25, 0.3) is 5.91 Å². The number of likely N-dealkylation sites (tertiary alicyclic amines) is 1. The highest BCUT2D eigenvalue weighted by molar-refractivity contribution is 6.05. The van der Waals surface area contributed by atoms with Gasteiger partial charge >= 0.3 is 0 Å². The zero-order chi connectivity index (χ0) is 32.7. The second kappa shape index (κ2) is 12.3. The number of carbonyl (C=O) groups is 3. The van der Waals surface area contributed by atoms with Crippen molar-refractivity contribution in [3.05, 3.63) is 72.2 Å². The lowest BCUT2D eigenvalue weighted by atomic mass is 10.0. The van der Waals surface area contributed by atoms with Crippen LogP contribution in [-0.2, 0) is 29.1 Å². The molecule has 7 rings (SSSR count). The van der Waals surface area contributed by atoms with Crippen LogP contribution in [0.4, 0.5) is 14.5 Å². The van der Waals surface area contributed by atoms with E-state index in [-0.39, 0.29) is 36.5 Å². The number of amides is 3. The lowest BCUT2D eigenvalue weighted by Gasteiger charge is -2.24. The number of aromatic nitrogens is 7. The molecule has 2 aromatic carbocycles. The van der Waals surface area contributed by atoms with Crippen molar-refractivity contribution >= 4 is 34.3 Å². The Morgan fingerprint density at radius 3 is 2.68 bits per heavy atom. The second-order valence-corrected chi connectivity index (χ2v) is 11.7. The van der Waals surface area contributed by atoms with Gasteiger partial charge in [-0.25, -0.2) is 8.78 Å². The number of rotatable bonds is 7. The summed E-state index contributed by atoms with van der Waals surface area (Å²) in [5, 5.41) is 23.6. The van der Waals surface area contributed by atoms with Crippen molar-refractivity contribution in [2.45, 2.75) is 57.4 Å². The zero-order valence-electron chi connectivity index (χ0n) is 25.1. The van der Waals surface area contributed by atoms with E-state index < -0.39 is 35.8 Å². The number of nitrogens with one attached hydrogen (secondary N) is 1. The van der Waals surface area contributed by atoms with E-state index >= 15 is 4.39 Å². The van der Waals surface area contributed by atoms with Crippen LogP contribution in [0.1, 0.15) is 42.0 Å². The van der Waals surface area contributed by atoms with Crippen molar-refractivity contribution in [2.24, 2.45) is 5.73 Å². The van der Waals surface area contributed by atoms with Crippen molar-refractivity contribution in [2.75, 3.05) is 11.9 Å². The first-order valence-electron chi connectivity index (χ1n) is 15.3. The lowest BCUT2D eigenvalue weighted by Crippen LogP contribution is -2.44. The molecule has 15 heteroatoms. The minimum absolute atomic E-state index is 0.0348. The number of aryl methyl sites for hydroxylation is 1. The van der Waals surface area contributed by atoms with Crippen molar-refractivity contribution in [1.29, 1.82) is 0 Å². The maximum Gasteiger partial charge on any atom is 0.269 e. The van der Waals surface area contributed by atoms with E-state index in [9.17, 15) is 18.8 Å². The minimum atomic E-state index is -1.43. The van der Waals surface area contributed by atoms with Crippen molar-refractivity contribution < 1.29 is 23.2 Å². The fourth-order valence-corrected chi connectivity index (χ4v) is 6.33. The predicted octanol–water partition coefficient (Wildman–Crippen LogP) is 3.29. The van der Waals surface area contributed by atoms with E-state index in [2.05, 4.69) is 30.8 Å². The van der Waals surface area contributed by atoms with Crippen LogP contribution < -0.4 is 11.1 Å². The predicted molar refractivity (Wildman–Crippen MR) is 166 cm³/mol. The first-order valence-corrected chi connectivity index (χ1v) is 15.3. The van der Waals surface area contributed by atoms with Gasteiger partial charge in [0, 0.05) is 36.0 Å². The number of alkyl halides is 1. The SMILES string of the molecule is NC(=O)c1nn(CC(=O)N2C[C@H](F)C[C@H]2C(=O)Nc2ccc(F)c(-c3nnc4n3CCCCC4)c2)c2ccc(-c3ccnnc3)cc12. The summed E-state index contributed by atoms with van der Waals surface area (Å²) in [4.78, 5) is 40.5. The van der Waals surface area contributed by atoms with Gasteiger partial charge in [-0.1, -0.05) is 12.5 Å². The molecule has 240 valence electrons. The summed E-state index contributed by atoms with van der Waals surface area (Å²) in [6, 6.07) is 9.94. The van der Waals surface area contributed by atoms with Crippen LogP contribution in [-0.4, -0.2) is 76.1 Å². The van der Waals surface area contributed by atoms with Gasteiger partial charge in [0.15, 0.2) is 11.5 Å². The molecule has 2 aliphatic heterocycles. The van der Waals surface area contributed by atoms with Gasteiger partial charge in [-0.05, 0) is 54.8 Å². The number of nitrogens with zero attached hydrogens (tertiary/aromatic N) is 8. The number of anilines is 1. The highest BCUT2D eigenvalue weighted by atomic mass is 19.1. The first-order chi connectivity index (χ1) is 22.8. The van der Waals surface area contributed by atoms with E-state index in [1.807, 2.05) is 4.57 Å². The van der Waals surface area contributed by atoms with Crippen molar-refractivity contribution in [3.63, 3.8) is 0 Å². The third kappa shape index (κ3) is 5.79. The Morgan fingerprint density at radius 1 is 1.00 bits per heavy atom. The summed E-state index contributed by atoms with van der Waals surface area (Å²) in [6.45, 7) is 0.00818. The summed E-state index contributed by atoms with van der Waals surface area (Å²) in [5.41, 5.74) is 7.99. The highest BCUT2D eigenvalue weighted by Crippen LogP contribution is 2.30. The molecule has 0 spiro atoms. The van der Waals surface area contributed by atoms with Crippen LogP contribution in [0.25, 0.3) is 33.4 Å². The molecule has 3 amide bonds. The summed E-state index contributed by atoms with van der Waals surface area (Å²) >= 11 is 0. The highest BCUT2D eigenvalue weighted by Gasteiger charge is 2.40. The van der Waals surface area contributed by atoms with Crippen LogP contribution in [0.15, 0.2) is 54.9 Å². The molecule has 2 atom stereocenters. The van der Waals surface area contributed by atoms with E-state index in [0.29, 0.717) is 23.3 Å². The normalized spacial score (nSPS) is 17.8. The molecule has 0 aliphatic carbocycles. The Bertz CT molecular complexity index is 2010. The molecule has 0 saturated carbocycles. The summed E-state index contributed by atoms with van der Waals surface area (Å²) in [7, 11) is 0. The van der Waals surface area contributed by atoms with Crippen molar-refractivity contribution in [3.8, 4) is 22.5 Å². The van der Waals surface area contributed by atoms with E-state index in [0.717, 1.165) is 47.5 Å². The van der Waals surface area contributed by atoms with Gasteiger partial charge in [-0.2, -0.15) is 15.3 Å². The fraction of sp³-hybridized carbons (Fsp3) is 0.312. The molecule has 0 unspecified atom stereocenters. The molecule has 0 radical (unpaired) electrons. The number of hydrogen-bond acceptors (Lipinski definition) is 8. The maximum atomic E-state index is 15.0. The Balaban J connectivity index is 1.11. The van der Waals surface area contributed by atoms with Gasteiger partial charge in [-0.15, -0.1) is 10.2 Å². The van der Waals surface area contributed by atoms with Crippen LogP contribution in [0.2, 0.25) is 0 Å². The van der Waals surface area contributed by atoms with Crippen LogP contribution in [0.3, 0.4) is 0 Å². The zero-order valence-corrected chi connectivity index (χ0v) is 25.1. The fourth-order valence-electron chi connectivity index (χ4n) is 6.33. The molecule has 13 nitrogen and oxygen atoms in total. The number of carbonyl (C=O) groups excluding carboxylic acids is 3. The minimum Gasteiger partial charge on any atom is -0.364 e. The topological polar surface area (TPSA) is 167 Å². The number of halogens is 2. The molecule has 5 heterocycles. The molecule has 5 aromatic rings. The molecule has 1 fully saturated rings. The summed E-state index contributed by atoms with van der Waals surface area (Å²) < 4.78 is 33.0. The maximum absolute atomic E-state index is 15.0. The third-order valence-corrected chi connectivity index (χ3v) is 8.64. The second-order valence-electron chi connectivity index (χ2n) is 11.7. The first kappa shape index (κ1) is 30.1. The number of hydrogen-bond donors (Lipinski definition) is 2. The largest absolute Gasteiger partial charge is 0.364 e. The van der Waals surface area contributed by atoms with Gasteiger partial charge in [0.05, 0.1) is 30.0 Å². The molecule has 1 saturated heterocycles. The van der Waals surface area contributed by atoms with Gasteiger partial charge in [-0.3, -0.25) is 19.1 Å². The summed E-state index contributed by atoms with van der Waals surface area (Å²) in [6.07, 6.45) is 5.17. The number of primary amides is 1. The number of benzene rings is 2. The Morgan fingerprint density at radius 2 is 1.87 bits per heavy atom. The third-order valence-electron chi connectivity index (χ3n) is 8.64. The Hall–Kier alpha value is -5.60. The van der Waals surface area contributed by atoms with Gasteiger partial charge in [0.2, 0.25) is 11.8 Å². The quantitative estimate of drug-likeness (QED) is 0.273. The van der Waals surface area contributed by atoms with Crippen LogP contribution in [0.5, 0.6) is 0 Å². The van der Waals surface area contributed by atoms with Gasteiger partial charge < -0.3 is 20.5 Å². The molecule has 3 N–H and O–H groups in total. The van der Waals surface area contributed by atoms with Gasteiger partial charge in [0.1, 0.15) is 30.4 Å². The lowest BCUT2D eigenvalue weighted by molar-refractivity contribution is -0.137. The molecule has 0 bridgehead atoms. The standard InChI is InChI=1S/C32H30F2N10O3/c33-20-13-26(32(47)38-21-6-7-24(34)22(14-21)31-40-39-27-4-2-1-3-11-42(27)31)43(16-20)28(45)17-44-25-8-5-18(19-9-10-36-37-15-19)12-23(25)29(41-44)30(35)46/h5-10,12,14-15,20,26H,1-4,11,13,16-17H2,(H2,35,46)(H,38,47)/t20-,26+/m1/s1. The molecule has 2 aliphatic rings. The Labute approximate surface area is 266 Å². The number of nitrogens with two attached hydrogens (primary N) is 1. The van der Waals surface area contributed by atoms with E-state index in [1.54, 1.807) is 30.5 Å². The molecule has 3 aromatic heterocycles. The van der Waals surface area contributed by atoms with Crippen LogP contribution in [0, 0.1) is 5.82 Å². The smallest absolute Gasteiger partial charge is 0.269 e. The Kier molecular flexibility index (Phi) is 7.87. The van der Waals surface area contributed by atoms with E-state index in [1.165, 1.54) is 29.1 Å². The summed E-state index contributed by atoms with van der Waals surface area (Å²) in [5.74, 6) is -1.32. The monoisotopic (exact) mass is 640 g/mol. The molecular weight excluding hydrogens is 610 g/mol. The molecule has 47 heavy (non-hydrogen) atoms. The molecular formula is C32H30F2N10O3. The van der Waals surface area contributed by atoms with E-state index in [4.69, 9.17) is 5.73 Å². The average molecular weight is 641 g/mol. The van der Waals surface area contributed by atoms with Crippen LogP contribution >= 0.6 is 0 Å². The number of fused-ring (bicyclic) bond motifs is 2.